The second kappa shape index (κ2) is 4.38. The number of hydrogen-bond donors (Lipinski definition) is 2. The zero-order valence-corrected chi connectivity index (χ0v) is 9.57. The fourth-order valence-corrected chi connectivity index (χ4v) is 2.23. The van der Waals surface area contributed by atoms with Gasteiger partial charge in [-0.2, -0.15) is 13.2 Å². The first-order valence-corrected chi connectivity index (χ1v) is 5.60. The number of hydrogen-bond acceptors (Lipinski definition) is 2. The van der Waals surface area contributed by atoms with E-state index in [1.54, 1.807) is 0 Å². The minimum absolute atomic E-state index is 0.224. The van der Waals surface area contributed by atoms with Crippen molar-refractivity contribution in [2.75, 3.05) is 6.54 Å². The molecule has 1 aromatic carbocycles. The van der Waals surface area contributed by atoms with Crippen molar-refractivity contribution in [1.29, 1.82) is 0 Å². The molecule has 1 aliphatic rings. The molecule has 1 heterocycles. The maximum Gasteiger partial charge on any atom is 0.416 e. The number of alkyl halides is 3. The molecule has 0 radical (unpaired) electrons. The summed E-state index contributed by atoms with van der Waals surface area (Å²) in [6, 6.07) is 1.45. The number of aromatic hydroxyl groups is 1. The van der Waals surface area contributed by atoms with Crippen molar-refractivity contribution in [2.45, 2.75) is 25.1 Å². The summed E-state index contributed by atoms with van der Waals surface area (Å²) in [4.78, 5) is 0. The normalized spacial score (nSPS) is 20.8. The SMILES string of the molecule is Oc1c(Cl)cc(C(F)(F)F)cc1[C@@H]1CCCN1. The minimum atomic E-state index is -4.45. The summed E-state index contributed by atoms with van der Waals surface area (Å²) in [6.07, 6.45) is -2.88. The van der Waals surface area contributed by atoms with Crippen LogP contribution in [0.25, 0.3) is 0 Å². The molecule has 0 spiro atoms. The van der Waals surface area contributed by atoms with E-state index in [1.807, 2.05) is 0 Å². The molecule has 1 aromatic rings. The molecule has 2 rings (SSSR count). The average molecular weight is 266 g/mol. The number of benzene rings is 1. The van der Waals surface area contributed by atoms with Crippen LogP contribution < -0.4 is 5.32 Å². The van der Waals surface area contributed by atoms with Crippen LogP contribution in [0.3, 0.4) is 0 Å². The van der Waals surface area contributed by atoms with Gasteiger partial charge in [0.1, 0.15) is 5.75 Å². The van der Waals surface area contributed by atoms with E-state index in [9.17, 15) is 18.3 Å². The zero-order chi connectivity index (χ0) is 12.6. The highest BCUT2D eigenvalue weighted by atomic mass is 35.5. The molecular weight excluding hydrogens is 255 g/mol. The largest absolute Gasteiger partial charge is 0.506 e. The van der Waals surface area contributed by atoms with Crippen LogP contribution in [-0.2, 0) is 6.18 Å². The average Bonchev–Trinajstić information content (AvgIpc) is 2.73. The van der Waals surface area contributed by atoms with E-state index >= 15 is 0 Å². The topological polar surface area (TPSA) is 32.3 Å². The van der Waals surface area contributed by atoms with Gasteiger partial charge in [-0.3, -0.25) is 0 Å². The number of rotatable bonds is 1. The molecule has 0 bridgehead atoms. The Morgan fingerprint density at radius 1 is 1.35 bits per heavy atom. The molecule has 17 heavy (non-hydrogen) atoms. The van der Waals surface area contributed by atoms with Crippen LogP contribution in [0, 0.1) is 0 Å². The van der Waals surface area contributed by atoms with Crippen LogP contribution in [0.1, 0.15) is 30.0 Å². The maximum atomic E-state index is 12.6. The van der Waals surface area contributed by atoms with Gasteiger partial charge in [-0.15, -0.1) is 0 Å². The van der Waals surface area contributed by atoms with Gasteiger partial charge in [-0.05, 0) is 31.5 Å². The van der Waals surface area contributed by atoms with Gasteiger partial charge in [0.25, 0.3) is 0 Å². The van der Waals surface area contributed by atoms with Crippen LogP contribution in [-0.4, -0.2) is 11.7 Å². The predicted octanol–water partition coefficient (Wildman–Crippen LogP) is 3.49. The quantitative estimate of drug-likeness (QED) is 0.815. The van der Waals surface area contributed by atoms with Crippen LogP contribution in [0.2, 0.25) is 5.02 Å². The first-order chi connectivity index (χ1) is 7.89. The number of halogens is 4. The summed E-state index contributed by atoms with van der Waals surface area (Å²) in [5.74, 6) is -0.265. The van der Waals surface area contributed by atoms with Gasteiger partial charge in [0, 0.05) is 11.6 Å². The van der Waals surface area contributed by atoms with Crippen molar-refractivity contribution in [3.63, 3.8) is 0 Å². The molecule has 1 fully saturated rings. The molecule has 2 N–H and O–H groups in total. The van der Waals surface area contributed by atoms with E-state index in [0.717, 1.165) is 25.1 Å². The molecule has 1 aliphatic heterocycles. The lowest BCUT2D eigenvalue weighted by Crippen LogP contribution is -2.14. The van der Waals surface area contributed by atoms with Crippen molar-refractivity contribution in [3.05, 3.63) is 28.3 Å². The minimum Gasteiger partial charge on any atom is -0.506 e. The Balaban J connectivity index is 2.46. The first-order valence-electron chi connectivity index (χ1n) is 5.22. The van der Waals surface area contributed by atoms with Crippen molar-refractivity contribution >= 4 is 11.6 Å². The fourth-order valence-electron chi connectivity index (χ4n) is 2.00. The summed E-state index contributed by atoms with van der Waals surface area (Å²) in [6.45, 7) is 0.734. The van der Waals surface area contributed by atoms with Gasteiger partial charge in [0.15, 0.2) is 0 Å². The standard InChI is InChI=1S/C11H11ClF3NO/c12-8-5-6(11(13,14)15)4-7(10(8)17)9-2-1-3-16-9/h4-5,9,16-17H,1-3H2/t9-/m0/s1. The third-order valence-electron chi connectivity index (χ3n) is 2.86. The number of phenols is 1. The van der Waals surface area contributed by atoms with E-state index in [0.29, 0.717) is 6.42 Å². The molecule has 1 saturated heterocycles. The van der Waals surface area contributed by atoms with E-state index < -0.39 is 11.7 Å². The Bertz CT molecular complexity index is 427. The smallest absolute Gasteiger partial charge is 0.416 e. The second-order valence-corrected chi connectivity index (χ2v) is 4.45. The van der Waals surface area contributed by atoms with Crippen LogP contribution >= 0.6 is 11.6 Å². The second-order valence-electron chi connectivity index (χ2n) is 4.04. The van der Waals surface area contributed by atoms with E-state index in [1.165, 1.54) is 0 Å². The lowest BCUT2D eigenvalue weighted by atomic mass is 10.0. The Morgan fingerprint density at radius 2 is 2.06 bits per heavy atom. The van der Waals surface area contributed by atoms with Crippen LogP contribution in [0.15, 0.2) is 12.1 Å². The van der Waals surface area contributed by atoms with Gasteiger partial charge in [-0.1, -0.05) is 11.6 Å². The van der Waals surface area contributed by atoms with E-state index in [-0.39, 0.29) is 22.4 Å². The van der Waals surface area contributed by atoms with Gasteiger partial charge in [0.2, 0.25) is 0 Å². The molecule has 0 amide bonds. The molecule has 0 unspecified atom stereocenters. The van der Waals surface area contributed by atoms with Crippen LogP contribution in [0.5, 0.6) is 5.75 Å². The third-order valence-corrected chi connectivity index (χ3v) is 3.14. The Labute approximate surface area is 101 Å². The molecule has 0 saturated carbocycles. The fraction of sp³-hybridized carbons (Fsp3) is 0.455. The summed E-state index contributed by atoms with van der Waals surface area (Å²) in [7, 11) is 0. The van der Waals surface area contributed by atoms with Crippen molar-refractivity contribution in [3.8, 4) is 5.75 Å². The van der Waals surface area contributed by atoms with Gasteiger partial charge in [0.05, 0.1) is 10.6 Å². The van der Waals surface area contributed by atoms with E-state index in [2.05, 4.69) is 5.32 Å². The summed E-state index contributed by atoms with van der Waals surface area (Å²) < 4.78 is 37.8. The van der Waals surface area contributed by atoms with Crippen molar-refractivity contribution in [1.82, 2.24) is 5.32 Å². The van der Waals surface area contributed by atoms with E-state index in [4.69, 9.17) is 11.6 Å². The van der Waals surface area contributed by atoms with Crippen molar-refractivity contribution < 1.29 is 18.3 Å². The first kappa shape index (κ1) is 12.5. The summed E-state index contributed by atoms with van der Waals surface area (Å²) in [5.41, 5.74) is -0.605. The number of phenolic OH excluding ortho intramolecular Hbond substituents is 1. The molecule has 1 atom stereocenters. The molecular formula is C11H11ClF3NO. The van der Waals surface area contributed by atoms with Gasteiger partial charge < -0.3 is 10.4 Å². The monoisotopic (exact) mass is 265 g/mol. The molecule has 6 heteroatoms. The maximum absolute atomic E-state index is 12.6. The molecule has 0 aromatic heterocycles. The summed E-state index contributed by atoms with van der Waals surface area (Å²) >= 11 is 5.63. The van der Waals surface area contributed by atoms with Gasteiger partial charge in [-0.25, -0.2) is 0 Å². The third kappa shape index (κ3) is 2.50. The molecule has 2 nitrogen and oxygen atoms in total. The predicted molar refractivity (Wildman–Crippen MR) is 58.1 cm³/mol. The Kier molecular flexibility index (Phi) is 3.23. The molecule has 94 valence electrons. The lowest BCUT2D eigenvalue weighted by molar-refractivity contribution is -0.137. The highest BCUT2D eigenvalue weighted by molar-refractivity contribution is 6.32. The van der Waals surface area contributed by atoms with Gasteiger partial charge >= 0.3 is 6.18 Å². The summed E-state index contributed by atoms with van der Waals surface area (Å²) in [5, 5.41) is 12.5. The molecule has 0 aliphatic carbocycles. The van der Waals surface area contributed by atoms with Crippen LogP contribution in [0.4, 0.5) is 13.2 Å². The Morgan fingerprint density at radius 3 is 2.59 bits per heavy atom. The van der Waals surface area contributed by atoms with Crippen molar-refractivity contribution in [2.24, 2.45) is 0 Å². The highest BCUT2D eigenvalue weighted by Crippen LogP contribution is 2.40. The number of nitrogens with one attached hydrogen (secondary N) is 1. The Hall–Kier alpha value is -0.940. The lowest BCUT2D eigenvalue weighted by Gasteiger charge is -2.16. The zero-order valence-electron chi connectivity index (χ0n) is 8.81. The highest BCUT2D eigenvalue weighted by Gasteiger charge is 2.33.